The molecule has 0 saturated carbocycles. The quantitative estimate of drug-likeness (QED) is 0.669. The highest BCUT2D eigenvalue weighted by Gasteiger charge is 2.14. The van der Waals surface area contributed by atoms with Crippen molar-refractivity contribution in [3.05, 3.63) is 34.2 Å². The van der Waals surface area contributed by atoms with Crippen LogP contribution in [0.15, 0.2) is 27.4 Å². The number of anilines is 1. The van der Waals surface area contributed by atoms with Crippen molar-refractivity contribution in [1.82, 2.24) is 5.32 Å². The largest absolute Gasteiger partial charge is 0.492 e. The van der Waals surface area contributed by atoms with E-state index in [0.717, 1.165) is 10.9 Å². The Labute approximate surface area is 128 Å². The number of nitrogens with one attached hydrogen (secondary N) is 2. The summed E-state index contributed by atoms with van der Waals surface area (Å²) in [7, 11) is 0. The lowest BCUT2D eigenvalue weighted by Gasteiger charge is -2.15. The van der Waals surface area contributed by atoms with Gasteiger partial charge in [-0.15, -0.1) is 0 Å². The molecule has 0 aliphatic rings. The number of rotatable bonds is 4. The van der Waals surface area contributed by atoms with E-state index in [9.17, 15) is 4.79 Å². The van der Waals surface area contributed by atoms with Crippen LogP contribution in [0.1, 0.15) is 19.4 Å². The fraction of sp³-hybridized carbons (Fsp3) is 0.333. The Morgan fingerprint density at radius 1 is 1.38 bits per heavy atom. The average molecular weight is 306 g/mol. The summed E-state index contributed by atoms with van der Waals surface area (Å²) in [5.74, 6) is 0.596. The zero-order valence-electron chi connectivity index (χ0n) is 12.3. The first-order valence-electron chi connectivity index (χ1n) is 6.82. The molecule has 0 fully saturated rings. The Morgan fingerprint density at radius 3 is 2.81 bits per heavy atom. The Morgan fingerprint density at radius 2 is 2.14 bits per heavy atom. The normalized spacial score (nSPS) is 10.4. The first kappa shape index (κ1) is 15.3. The fourth-order valence-corrected chi connectivity index (χ4v) is 2.32. The van der Waals surface area contributed by atoms with Gasteiger partial charge in [0.2, 0.25) is 0 Å². The van der Waals surface area contributed by atoms with Crippen molar-refractivity contribution in [2.45, 2.75) is 20.8 Å². The van der Waals surface area contributed by atoms with E-state index >= 15 is 0 Å². The zero-order chi connectivity index (χ0) is 15.4. The molecule has 2 aromatic rings. The monoisotopic (exact) mass is 306 g/mol. The van der Waals surface area contributed by atoms with Crippen LogP contribution >= 0.6 is 12.2 Å². The Hall–Kier alpha value is -2.08. The molecule has 1 heterocycles. The third-order valence-corrected chi connectivity index (χ3v) is 3.20. The first-order valence-corrected chi connectivity index (χ1v) is 7.22. The van der Waals surface area contributed by atoms with Gasteiger partial charge in [-0.25, -0.2) is 4.79 Å². The molecule has 1 aromatic heterocycles. The summed E-state index contributed by atoms with van der Waals surface area (Å²) >= 11 is 5.21. The van der Waals surface area contributed by atoms with E-state index in [1.807, 2.05) is 32.9 Å². The Bertz CT molecular complexity index is 725. The standard InChI is InChI=1S/C15H18N2O3S/c1-4-16-15(21)17-13-11(19-5-2)7-6-10-9(3)8-12(18)20-14(10)13/h6-8H,4-5H2,1-3H3,(H2,16,17,21). The van der Waals surface area contributed by atoms with Crippen LogP contribution in [0.3, 0.4) is 0 Å². The number of benzene rings is 1. The molecule has 0 atom stereocenters. The molecule has 5 nitrogen and oxygen atoms in total. The predicted molar refractivity (Wildman–Crippen MR) is 88.3 cm³/mol. The number of aryl methyl sites for hydroxylation is 1. The summed E-state index contributed by atoms with van der Waals surface area (Å²) in [5, 5.41) is 7.36. The fourth-order valence-electron chi connectivity index (χ4n) is 2.08. The molecular weight excluding hydrogens is 288 g/mol. The molecule has 0 unspecified atom stereocenters. The topological polar surface area (TPSA) is 63.5 Å². The summed E-state index contributed by atoms with van der Waals surface area (Å²) in [6, 6.07) is 5.19. The van der Waals surface area contributed by atoms with E-state index in [2.05, 4.69) is 10.6 Å². The molecule has 0 amide bonds. The van der Waals surface area contributed by atoms with Crippen molar-refractivity contribution in [3.8, 4) is 5.75 Å². The molecule has 6 heteroatoms. The minimum Gasteiger partial charge on any atom is -0.492 e. The highest BCUT2D eigenvalue weighted by Crippen LogP contribution is 2.34. The van der Waals surface area contributed by atoms with Gasteiger partial charge in [-0.1, -0.05) is 0 Å². The first-order chi connectivity index (χ1) is 10.1. The Kier molecular flexibility index (Phi) is 4.80. The third kappa shape index (κ3) is 3.33. The summed E-state index contributed by atoms with van der Waals surface area (Å²) < 4.78 is 10.9. The minimum absolute atomic E-state index is 0.397. The zero-order valence-corrected chi connectivity index (χ0v) is 13.1. The van der Waals surface area contributed by atoms with E-state index in [0.29, 0.717) is 35.3 Å². The van der Waals surface area contributed by atoms with Gasteiger partial charge in [0.25, 0.3) is 0 Å². The third-order valence-electron chi connectivity index (χ3n) is 2.96. The second-order valence-corrected chi connectivity index (χ2v) is 4.89. The SMILES string of the molecule is CCNC(=S)Nc1c(OCC)ccc2c(C)cc(=O)oc12. The van der Waals surface area contributed by atoms with Crippen LogP contribution in [-0.4, -0.2) is 18.3 Å². The van der Waals surface area contributed by atoms with Crippen molar-refractivity contribution in [1.29, 1.82) is 0 Å². The minimum atomic E-state index is -0.397. The highest BCUT2D eigenvalue weighted by atomic mass is 32.1. The smallest absolute Gasteiger partial charge is 0.336 e. The van der Waals surface area contributed by atoms with Crippen molar-refractivity contribution < 1.29 is 9.15 Å². The number of hydrogen-bond acceptors (Lipinski definition) is 4. The molecule has 2 N–H and O–H groups in total. The van der Waals surface area contributed by atoms with E-state index in [1.54, 1.807) is 0 Å². The van der Waals surface area contributed by atoms with Crippen LogP contribution in [0, 0.1) is 6.92 Å². The Balaban J connectivity index is 2.63. The molecule has 0 saturated heterocycles. The molecule has 0 bridgehead atoms. The summed E-state index contributed by atoms with van der Waals surface area (Å²) in [6.45, 7) is 6.91. The number of ether oxygens (including phenoxy) is 1. The maximum Gasteiger partial charge on any atom is 0.336 e. The van der Waals surface area contributed by atoms with Crippen molar-refractivity contribution in [3.63, 3.8) is 0 Å². The van der Waals surface area contributed by atoms with Crippen LogP contribution in [0.4, 0.5) is 5.69 Å². The lowest BCUT2D eigenvalue weighted by atomic mass is 10.1. The van der Waals surface area contributed by atoms with Gasteiger partial charge in [0.05, 0.1) is 6.61 Å². The summed E-state index contributed by atoms with van der Waals surface area (Å²) in [6.07, 6.45) is 0. The van der Waals surface area contributed by atoms with Gasteiger partial charge in [0.1, 0.15) is 11.4 Å². The molecule has 0 radical (unpaired) electrons. The van der Waals surface area contributed by atoms with Gasteiger partial charge in [0.15, 0.2) is 10.7 Å². The van der Waals surface area contributed by atoms with Crippen molar-refractivity contribution >= 4 is 34.0 Å². The maximum absolute atomic E-state index is 11.7. The van der Waals surface area contributed by atoms with Gasteiger partial charge in [-0.3, -0.25) is 0 Å². The second kappa shape index (κ2) is 6.58. The van der Waals surface area contributed by atoms with E-state index in [4.69, 9.17) is 21.4 Å². The van der Waals surface area contributed by atoms with Gasteiger partial charge >= 0.3 is 5.63 Å². The van der Waals surface area contributed by atoms with Gasteiger partial charge in [0, 0.05) is 18.0 Å². The molecule has 2 rings (SSSR count). The summed E-state index contributed by atoms with van der Waals surface area (Å²) in [4.78, 5) is 11.7. The molecule has 0 spiro atoms. The van der Waals surface area contributed by atoms with Gasteiger partial charge < -0.3 is 19.8 Å². The van der Waals surface area contributed by atoms with E-state index < -0.39 is 5.63 Å². The molecule has 112 valence electrons. The summed E-state index contributed by atoms with van der Waals surface area (Å²) in [5.41, 5.74) is 1.47. The van der Waals surface area contributed by atoms with E-state index in [1.165, 1.54) is 6.07 Å². The van der Waals surface area contributed by atoms with Crippen LogP contribution in [0.25, 0.3) is 11.0 Å². The second-order valence-electron chi connectivity index (χ2n) is 4.48. The van der Waals surface area contributed by atoms with Crippen LogP contribution in [0.5, 0.6) is 5.75 Å². The maximum atomic E-state index is 11.7. The molecule has 0 aliphatic heterocycles. The van der Waals surface area contributed by atoms with Crippen molar-refractivity contribution in [2.24, 2.45) is 0 Å². The van der Waals surface area contributed by atoms with Crippen molar-refractivity contribution in [2.75, 3.05) is 18.5 Å². The lowest BCUT2D eigenvalue weighted by molar-refractivity contribution is 0.342. The van der Waals surface area contributed by atoms with Gasteiger partial charge in [-0.05, 0) is 50.7 Å². The number of fused-ring (bicyclic) bond motifs is 1. The average Bonchev–Trinajstić information content (AvgIpc) is 2.42. The molecule has 1 aromatic carbocycles. The van der Waals surface area contributed by atoms with Crippen LogP contribution < -0.4 is 21.0 Å². The van der Waals surface area contributed by atoms with Crippen LogP contribution in [-0.2, 0) is 0 Å². The highest BCUT2D eigenvalue weighted by molar-refractivity contribution is 7.80. The predicted octanol–water partition coefficient (Wildman–Crippen LogP) is 2.81. The molecule has 21 heavy (non-hydrogen) atoms. The molecular formula is C15H18N2O3S. The van der Waals surface area contributed by atoms with E-state index in [-0.39, 0.29) is 0 Å². The molecule has 0 aliphatic carbocycles. The number of hydrogen-bond donors (Lipinski definition) is 2. The lowest BCUT2D eigenvalue weighted by Crippen LogP contribution is -2.28. The number of thiocarbonyl (C=S) groups is 1. The van der Waals surface area contributed by atoms with Crippen LogP contribution in [0.2, 0.25) is 0 Å². The van der Waals surface area contributed by atoms with Gasteiger partial charge in [-0.2, -0.15) is 0 Å².